The first kappa shape index (κ1) is 7.86. The molecule has 0 unspecified atom stereocenters. The van der Waals surface area contributed by atoms with Gasteiger partial charge >= 0.3 is 0 Å². The van der Waals surface area contributed by atoms with Gasteiger partial charge in [0.15, 0.2) is 0 Å². The second kappa shape index (κ2) is 2.94. The Labute approximate surface area is 76.6 Å². The van der Waals surface area contributed by atoms with Crippen molar-refractivity contribution in [3.05, 3.63) is 36.2 Å². The van der Waals surface area contributed by atoms with Crippen LogP contribution in [0.5, 0.6) is 0 Å². The molecular formula is C10H11N3. The number of rotatable bonds is 1. The van der Waals surface area contributed by atoms with Gasteiger partial charge in [0.05, 0.1) is 0 Å². The van der Waals surface area contributed by atoms with Crippen LogP contribution in [0, 0.1) is 6.92 Å². The minimum atomic E-state index is 0.563. The summed E-state index contributed by atoms with van der Waals surface area (Å²) < 4.78 is 0. The third-order valence-corrected chi connectivity index (χ3v) is 2.02. The van der Waals surface area contributed by atoms with E-state index in [2.05, 4.69) is 9.97 Å². The molecule has 0 saturated heterocycles. The highest BCUT2D eigenvalue weighted by atomic mass is 14.8. The number of pyridine rings is 1. The third kappa shape index (κ3) is 1.40. The zero-order valence-electron chi connectivity index (χ0n) is 7.41. The molecule has 0 atom stereocenters. The molecule has 0 amide bonds. The summed E-state index contributed by atoms with van der Waals surface area (Å²) in [6.45, 7) is 2.02. The number of hydrogen-bond donors (Lipinski definition) is 2. The molecule has 0 aliphatic heterocycles. The van der Waals surface area contributed by atoms with Gasteiger partial charge in [-0.15, -0.1) is 0 Å². The van der Waals surface area contributed by atoms with Crippen LogP contribution in [0.2, 0.25) is 0 Å². The highest BCUT2D eigenvalue weighted by molar-refractivity contribution is 5.63. The SMILES string of the molecule is Cc1cc(N)ncc1-c1ccc[nH]1. The lowest BCUT2D eigenvalue weighted by molar-refractivity contribution is 1.27. The Morgan fingerprint density at radius 3 is 2.92 bits per heavy atom. The van der Waals surface area contributed by atoms with Crippen molar-refractivity contribution >= 4 is 5.82 Å². The van der Waals surface area contributed by atoms with E-state index in [0.717, 1.165) is 16.8 Å². The second-order valence-electron chi connectivity index (χ2n) is 3.01. The van der Waals surface area contributed by atoms with E-state index in [4.69, 9.17) is 5.73 Å². The van der Waals surface area contributed by atoms with E-state index in [1.54, 1.807) is 6.20 Å². The Hall–Kier alpha value is -1.77. The molecule has 0 spiro atoms. The zero-order chi connectivity index (χ0) is 9.26. The van der Waals surface area contributed by atoms with Gasteiger partial charge in [0, 0.05) is 23.7 Å². The van der Waals surface area contributed by atoms with Crippen molar-refractivity contribution in [2.24, 2.45) is 0 Å². The molecule has 0 aromatic carbocycles. The minimum absolute atomic E-state index is 0.563. The van der Waals surface area contributed by atoms with E-state index in [0.29, 0.717) is 5.82 Å². The molecule has 0 aliphatic carbocycles. The predicted molar refractivity (Wildman–Crippen MR) is 53.2 cm³/mol. The van der Waals surface area contributed by atoms with Crippen LogP contribution >= 0.6 is 0 Å². The van der Waals surface area contributed by atoms with Crippen molar-refractivity contribution in [3.63, 3.8) is 0 Å². The number of aromatic amines is 1. The van der Waals surface area contributed by atoms with Crippen molar-refractivity contribution in [3.8, 4) is 11.3 Å². The molecule has 2 aromatic heterocycles. The monoisotopic (exact) mass is 173 g/mol. The van der Waals surface area contributed by atoms with Crippen molar-refractivity contribution in [1.29, 1.82) is 0 Å². The average Bonchev–Trinajstić information content (AvgIpc) is 2.56. The van der Waals surface area contributed by atoms with E-state index in [-0.39, 0.29) is 0 Å². The topological polar surface area (TPSA) is 54.7 Å². The summed E-state index contributed by atoms with van der Waals surface area (Å²) in [6, 6.07) is 5.85. The number of nitrogens with zero attached hydrogens (tertiary/aromatic N) is 1. The maximum atomic E-state index is 5.56. The standard InChI is InChI=1S/C10H11N3/c1-7-5-10(11)13-6-8(7)9-3-2-4-12-9/h2-6,12H,1H3,(H2,11,13). The van der Waals surface area contributed by atoms with E-state index in [1.165, 1.54) is 0 Å². The molecule has 66 valence electrons. The molecule has 3 nitrogen and oxygen atoms in total. The first-order chi connectivity index (χ1) is 6.27. The maximum absolute atomic E-state index is 5.56. The third-order valence-electron chi connectivity index (χ3n) is 2.02. The Kier molecular flexibility index (Phi) is 1.77. The Bertz CT molecular complexity index is 404. The summed E-state index contributed by atoms with van der Waals surface area (Å²) in [5.41, 5.74) is 8.86. The molecule has 2 heterocycles. The molecule has 2 aromatic rings. The number of nitrogens with one attached hydrogen (secondary N) is 1. The van der Waals surface area contributed by atoms with Gasteiger partial charge < -0.3 is 10.7 Å². The minimum Gasteiger partial charge on any atom is -0.384 e. The fourth-order valence-corrected chi connectivity index (χ4v) is 1.36. The van der Waals surface area contributed by atoms with E-state index in [9.17, 15) is 0 Å². The van der Waals surface area contributed by atoms with Crippen molar-refractivity contribution in [2.75, 3.05) is 5.73 Å². The van der Waals surface area contributed by atoms with Gasteiger partial charge in [-0.25, -0.2) is 4.98 Å². The number of aryl methyl sites for hydroxylation is 1. The van der Waals surface area contributed by atoms with Crippen LogP contribution in [0.3, 0.4) is 0 Å². The van der Waals surface area contributed by atoms with Crippen LogP contribution < -0.4 is 5.73 Å². The van der Waals surface area contributed by atoms with Gasteiger partial charge in [0.1, 0.15) is 5.82 Å². The van der Waals surface area contributed by atoms with Gasteiger partial charge in [0.2, 0.25) is 0 Å². The Balaban J connectivity index is 2.53. The van der Waals surface area contributed by atoms with Crippen LogP contribution in [0.4, 0.5) is 5.82 Å². The molecule has 3 N–H and O–H groups in total. The lowest BCUT2D eigenvalue weighted by Gasteiger charge is -2.03. The van der Waals surface area contributed by atoms with E-state index in [1.807, 2.05) is 31.3 Å². The highest BCUT2D eigenvalue weighted by Gasteiger charge is 2.02. The quantitative estimate of drug-likeness (QED) is 0.692. The summed E-state index contributed by atoms with van der Waals surface area (Å²) >= 11 is 0. The smallest absolute Gasteiger partial charge is 0.123 e. The lowest BCUT2D eigenvalue weighted by Crippen LogP contribution is -1.92. The molecule has 13 heavy (non-hydrogen) atoms. The van der Waals surface area contributed by atoms with Gasteiger partial charge in [0.25, 0.3) is 0 Å². The number of H-pyrrole nitrogens is 1. The molecular weight excluding hydrogens is 162 g/mol. The van der Waals surface area contributed by atoms with Crippen molar-refractivity contribution in [2.45, 2.75) is 6.92 Å². The fraction of sp³-hybridized carbons (Fsp3) is 0.100. The van der Waals surface area contributed by atoms with E-state index < -0.39 is 0 Å². The Morgan fingerprint density at radius 1 is 1.46 bits per heavy atom. The lowest BCUT2D eigenvalue weighted by atomic mass is 10.1. The van der Waals surface area contributed by atoms with Crippen LogP contribution in [0.25, 0.3) is 11.3 Å². The number of anilines is 1. The molecule has 2 rings (SSSR count). The van der Waals surface area contributed by atoms with Gasteiger partial charge in [-0.05, 0) is 30.7 Å². The molecule has 0 saturated carbocycles. The average molecular weight is 173 g/mol. The molecule has 0 bridgehead atoms. The molecule has 0 radical (unpaired) electrons. The van der Waals surface area contributed by atoms with Gasteiger partial charge in [-0.2, -0.15) is 0 Å². The van der Waals surface area contributed by atoms with Crippen LogP contribution in [0.1, 0.15) is 5.56 Å². The number of nitrogens with two attached hydrogens (primary N) is 1. The largest absolute Gasteiger partial charge is 0.384 e. The second-order valence-corrected chi connectivity index (χ2v) is 3.01. The molecule has 3 heteroatoms. The number of hydrogen-bond acceptors (Lipinski definition) is 2. The number of nitrogen functional groups attached to an aromatic ring is 1. The summed E-state index contributed by atoms with van der Waals surface area (Å²) in [6.07, 6.45) is 3.68. The first-order valence-electron chi connectivity index (χ1n) is 4.13. The van der Waals surface area contributed by atoms with Crippen LogP contribution in [-0.4, -0.2) is 9.97 Å². The summed E-state index contributed by atoms with van der Waals surface area (Å²) in [4.78, 5) is 7.19. The summed E-state index contributed by atoms with van der Waals surface area (Å²) in [5, 5.41) is 0. The first-order valence-corrected chi connectivity index (χ1v) is 4.13. The summed E-state index contributed by atoms with van der Waals surface area (Å²) in [5.74, 6) is 0.563. The molecule has 0 aliphatic rings. The van der Waals surface area contributed by atoms with Crippen molar-refractivity contribution in [1.82, 2.24) is 9.97 Å². The highest BCUT2D eigenvalue weighted by Crippen LogP contribution is 2.21. The van der Waals surface area contributed by atoms with Gasteiger partial charge in [-0.1, -0.05) is 0 Å². The van der Waals surface area contributed by atoms with Crippen LogP contribution in [0.15, 0.2) is 30.6 Å². The number of aromatic nitrogens is 2. The predicted octanol–water partition coefficient (Wildman–Crippen LogP) is 1.97. The fourth-order valence-electron chi connectivity index (χ4n) is 1.36. The maximum Gasteiger partial charge on any atom is 0.123 e. The van der Waals surface area contributed by atoms with Crippen molar-refractivity contribution < 1.29 is 0 Å². The van der Waals surface area contributed by atoms with E-state index >= 15 is 0 Å². The Morgan fingerprint density at radius 2 is 2.31 bits per heavy atom. The zero-order valence-corrected chi connectivity index (χ0v) is 7.41. The van der Waals surface area contributed by atoms with Crippen LogP contribution in [-0.2, 0) is 0 Å². The van der Waals surface area contributed by atoms with Gasteiger partial charge in [-0.3, -0.25) is 0 Å². The summed E-state index contributed by atoms with van der Waals surface area (Å²) in [7, 11) is 0. The molecule has 0 fully saturated rings. The normalized spacial score (nSPS) is 10.2.